The van der Waals surface area contributed by atoms with Crippen molar-refractivity contribution in [2.45, 2.75) is 70.8 Å². The summed E-state index contributed by atoms with van der Waals surface area (Å²) in [6, 6.07) is 0.670. The zero-order chi connectivity index (χ0) is 12.1. The highest BCUT2D eigenvalue weighted by Gasteiger charge is 2.44. The second-order valence-electron chi connectivity index (χ2n) is 6.35. The molecule has 1 spiro atoms. The summed E-state index contributed by atoms with van der Waals surface area (Å²) in [4.78, 5) is 2.67. The summed E-state index contributed by atoms with van der Waals surface area (Å²) >= 11 is 0. The average Bonchev–Trinajstić information content (AvgIpc) is 2.55. The molecule has 2 heteroatoms. The minimum atomic E-state index is 0.670. The lowest BCUT2D eigenvalue weighted by atomic mass is 9.72. The van der Waals surface area contributed by atoms with Gasteiger partial charge in [0, 0.05) is 25.7 Å². The molecule has 0 bridgehead atoms. The first kappa shape index (κ1) is 13.4. The lowest BCUT2D eigenvalue weighted by molar-refractivity contribution is -0.0417. The van der Waals surface area contributed by atoms with E-state index in [9.17, 15) is 0 Å². The maximum absolute atomic E-state index is 5.93. The molecule has 2 aliphatic rings. The second-order valence-corrected chi connectivity index (χ2v) is 6.35. The summed E-state index contributed by atoms with van der Waals surface area (Å²) in [5.41, 5.74) is 6.64. The van der Waals surface area contributed by atoms with Crippen LogP contribution in [-0.4, -0.2) is 30.6 Å². The van der Waals surface area contributed by atoms with E-state index < -0.39 is 0 Å². The van der Waals surface area contributed by atoms with Crippen molar-refractivity contribution >= 4 is 0 Å². The van der Waals surface area contributed by atoms with Gasteiger partial charge in [-0.15, -0.1) is 0 Å². The lowest BCUT2D eigenvalue weighted by Crippen LogP contribution is -2.61. The summed E-state index contributed by atoms with van der Waals surface area (Å²) in [6.07, 6.45) is 12.8. The molecule has 1 unspecified atom stereocenters. The van der Waals surface area contributed by atoms with Crippen LogP contribution in [0.15, 0.2) is 0 Å². The van der Waals surface area contributed by atoms with E-state index in [0.29, 0.717) is 11.5 Å². The van der Waals surface area contributed by atoms with Crippen molar-refractivity contribution in [2.75, 3.05) is 19.6 Å². The summed E-state index contributed by atoms with van der Waals surface area (Å²) in [7, 11) is 0. The third-order valence-electron chi connectivity index (χ3n) is 4.92. The van der Waals surface area contributed by atoms with Crippen LogP contribution in [0, 0.1) is 5.41 Å². The topological polar surface area (TPSA) is 29.3 Å². The molecule has 2 N–H and O–H groups in total. The SMILES string of the molecule is CCCCC(CN)N1CC2(CCCCCC2)C1. The monoisotopic (exact) mass is 238 g/mol. The van der Waals surface area contributed by atoms with E-state index in [2.05, 4.69) is 11.8 Å². The highest BCUT2D eigenvalue weighted by Crippen LogP contribution is 2.43. The van der Waals surface area contributed by atoms with Crippen LogP contribution in [-0.2, 0) is 0 Å². The molecule has 0 aromatic heterocycles. The Hall–Kier alpha value is -0.0800. The normalized spacial score (nSPS) is 26.5. The van der Waals surface area contributed by atoms with Crippen molar-refractivity contribution in [3.63, 3.8) is 0 Å². The molecule has 2 rings (SSSR count). The van der Waals surface area contributed by atoms with Crippen LogP contribution in [0.4, 0.5) is 0 Å². The smallest absolute Gasteiger partial charge is 0.0218 e. The van der Waals surface area contributed by atoms with E-state index in [-0.39, 0.29) is 0 Å². The molecule has 1 heterocycles. The molecule has 17 heavy (non-hydrogen) atoms. The van der Waals surface area contributed by atoms with Gasteiger partial charge in [-0.3, -0.25) is 4.90 Å². The lowest BCUT2D eigenvalue weighted by Gasteiger charge is -2.53. The number of rotatable bonds is 5. The van der Waals surface area contributed by atoms with E-state index in [1.54, 1.807) is 0 Å². The first-order chi connectivity index (χ1) is 8.29. The number of likely N-dealkylation sites (tertiary alicyclic amines) is 1. The van der Waals surface area contributed by atoms with E-state index in [4.69, 9.17) is 5.73 Å². The van der Waals surface area contributed by atoms with Crippen molar-refractivity contribution in [1.29, 1.82) is 0 Å². The molecule has 2 fully saturated rings. The van der Waals surface area contributed by atoms with Gasteiger partial charge < -0.3 is 5.73 Å². The molecule has 0 aromatic carbocycles. The Bertz CT molecular complexity index is 211. The van der Waals surface area contributed by atoms with Crippen LogP contribution >= 0.6 is 0 Å². The number of nitrogens with two attached hydrogens (primary N) is 1. The van der Waals surface area contributed by atoms with Gasteiger partial charge in [0.05, 0.1) is 0 Å². The van der Waals surface area contributed by atoms with Gasteiger partial charge in [-0.1, -0.05) is 45.4 Å². The minimum Gasteiger partial charge on any atom is -0.329 e. The zero-order valence-corrected chi connectivity index (χ0v) is 11.6. The van der Waals surface area contributed by atoms with Crippen LogP contribution in [0.2, 0.25) is 0 Å². The van der Waals surface area contributed by atoms with Gasteiger partial charge in [0.15, 0.2) is 0 Å². The van der Waals surface area contributed by atoms with Crippen molar-refractivity contribution in [1.82, 2.24) is 4.90 Å². The predicted octanol–water partition coefficient (Wildman–Crippen LogP) is 3.16. The zero-order valence-electron chi connectivity index (χ0n) is 11.6. The van der Waals surface area contributed by atoms with E-state index in [1.807, 2.05) is 0 Å². The van der Waals surface area contributed by atoms with E-state index in [1.165, 1.54) is 70.9 Å². The Morgan fingerprint density at radius 3 is 2.29 bits per heavy atom. The van der Waals surface area contributed by atoms with Gasteiger partial charge in [0.25, 0.3) is 0 Å². The fourth-order valence-corrected chi connectivity index (χ4v) is 3.76. The van der Waals surface area contributed by atoms with Crippen LogP contribution in [0.25, 0.3) is 0 Å². The van der Waals surface area contributed by atoms with Gasteiger partial charge in [0.1, 0.15) is 0 Å². The minimum absolute atomic E-state index is 0.670. The Labute approximate surface area is 107 Å². The molecule has 0 radical (unpaired) electrons. The van der Waals surface area contributed by atoms with Gasteiger partial charge in [0.2, 0.25) is 0 Å². The molecule has 0 amide bonds. The van der Waals surface area contributed by atoms with Gasteiger partial charge in [-0.25, -0.2) is 0 Å². The molecule has 1 saturated heterocycles. The summed E-state index contributed by atoms with van der Waals surface area (Å²) in [5, 5.41) is 0. The third kappa shape index (κ3) is 3.23. The quantitative estimate of drug-likeness (QED) is 0.797. The largest absolute Gasteiger partial charge is 0.329 e. The van der Waals surface area contributed by atoms with Crippen LogP contribution in [0.1, 0.15) is 64.7 Å². The molecular weight excluding hydrogens is 208 g/mol. The molecule has 1 atom stereocenters. The molecule has 2 nitrogen and oxygen atoms in total. The molecule has 1 aliphatic heterocycles. The maximum Gasteiger partial charge on any atom is 0.0218 e. The molecule has 0 aromatic rings. The van der Waals surface area contributed by atoms with Crippen molar-refractivity contribution in [2.24, 2.45) is 11.1 Å². The Morgan fingerprint density at radius 2 is 1.76 bits per heavy atom. The standard InChI is InChI=1S/C15H30N2/c1-2-3-8-14(11-16)17-12-15(13-17)9-6-4-5-7-10-15/h14H,2-13,16H2,1H3. The molecule has 1 saturated carbocycles. The maximum atomic E-state index is 5.93. The Morgan fingerprint density at radius 1 is 1.12 bits per heavy atom. The predicted molar refractivity (Wildman–Crippen MR) is 74.1 cm³/mol. The van der Waals surface area contributed by atoms with E-state index >= 15 is 0 Å². The average molecular weight is 238 g/mol. The number of hydrogen-bond donors (Lipinski definition) is 1. The fourth-order valence-electron chi connectivity index (χ4n) is 3.76. The third-order valence-corrected chi connectivity index (χ3v) is 4.92. The van der Waals surface area contributed by atoms with Gasteiger partial charge >= 0.3 is 0 Å². The fraction of sp³-hybridized carbons (Fsp3) is 1.00. The van der Waals surface area contributed by atoms with Crippen molar-refractivity contribution in [3.8, 4) is 0 Å². The molecular formula is C15H30N2. The summed E-state index contributed by atoms with van der Waals surface area (Å²) < 4.78 is 0. The Kier molecular flexibility index (Phi) is 4.87. The highest BCUT2D eigenvalue weighted by molar-refractivity contribution is 4.98. The van der Waals surface area contributed by atoms with Gasteiger partial charge in [-0.05, 0) is 24.7 Å². The Balaban J connectivity index is 1.78. The van der Waals surface area contributed by atoms with Crippen LogP contribution in [0.3, 0.4) is 0 Å². The first-order valence-corrected chi connectivity index (χ1v) is 7.74. The first-order valence-electron chi connectivity index (χ1n) is 7.74. The summed E-state index contributed by atoms with van der Waals surface area (Å²) in [5.74, 6) is 0. The van der Waals surface area contributed by atoms with Crippen molar-refractivity contribution in [3.05, 3.63) is 0 Å². The van der Waals surface area contributed by atoms with Gasteiger partial charge in [-0.2, -0.15) is 0 Å². The number of unbranched alkanes of at least 4 members (excludes halogenated alkanes) is 1. The second kappa shape index (κ2) is 6.19. The highest BCUT2D eigenvalue weighted by atomic mass is 15.2. The van der Waals surface area contributed by atoms with E-state index in [0.717, 1.165) is 6.54 Å². The number of hydrogen-bond acceptors (Lipinski definition) is 2. The van der Waals surface area contributed by atoms with Crippen LogP contribution < -0.4 is 5.73 Å². The molecule has 100 valence electrons. The van der Waals surface area contributed by atoms with Crippen LogP contribution in [0.5, 0.6) is 0 Å². The number of nitrogens with zero attached hydrogens (tertiary/aromatic N) is 1. The molecule has 1 aliphatic carbocycles. The summed E-state index contributed by atoms with van der Waals surface area (Å²) in [6.45, 7) is 5.82. The van der Waals surface area contributed by atoms with Crippen molar-refractivity contribution < 1.29 is 0 Å².